The molecule has 0 fully saturated rings. The quantitative estimate of drug-likeness (QED) is 0.322. The highest BCUT2D eigenvalue weighted by Gasteiger charge is 2.12. The lowest BCUT2D eigenvalue weighted by molar-refractivity contribution is 0.0894. The standard InChI is InChI=1S/C15H12O2.2C6H6O/c16-14(12-7-3-1-4-8-12)11-15(17)13-9-5-2-6-10-13;2*7-6-4-2-1-3-5-6/h1-10H,11H2;2*1-5,7H. The van der Waals surface area contributed by atoms with Gasteiger partial charge >= 0.3 is 0 Å². The molecule has 0 spiro atoms. The number of hydrogen-bond donors (Lipinski definition) is 2. The lowest BCUT2D eigenvalue weighted by atomic mass is 10.0. The van der Waals surface area contributed by atoms with Crippen LogP contribution in [-0.2, 0) is 0 Å². The van der Waals surface area contributed by atoms with E-state index in [2.05, 4.69) is 0 Å². The molecular weight excluding hydrogens is 388 g/mol. The van der Waals surface area contributed by atoms with Gasteiger partial charge in [-0.1, -0.05) is 97.1 Å². The summed E-state index contributed by atoms with van der Waals surface area (Å²) < 4.78 is 0. The molecular formula is C27H24O4. The fourth-order valence-electron chi connectivity index (χ4n) is 2.45. The summed E-state index contributed by atoms with van der Waals surface area (Å²) in [4.78, 5) is 23.6. The van der Waals surface area contributed by atoms with Gasteiger partial charge in [0.1, 0.15) is 11.5 Å². The van der Waals surface area contributed by atoms with E-state index in [1.54, 1.807) is 97.1 Å². The molecule has 0 aliphatic rings. The molecule has 0 unspecified atom stereocenters. The number of hydrogen-bond acceptors (Lipinski definition) is 4. The third-order valence-electron chi connectivity index (χ3n) is 4.03. The van der Waals surface area contributed by atoms with E-state index < -0.39 is 0 Å². The van der Waals surface area contributed by atoms with E-state index in [1.165, 1.54) is 0 Å². The van der Waals surface area contributed by atoms with E-state index >= 15 is 0 Å². The van der Waals surface area contributed by atoms with E-state index in [1.807, 2.05) is 24.3 Å². The Morgan fingerprint density at radius 2 is 0.710 bits per heavy atom. The van der Waals surface area contributed by atoms with Crippen molar-refractivity contribution in [2.24, 2.45) is 0 Å². The predicted molar refractivity (Wildman–Crippen MR) is 122 cm³/mol. The fourth-order valence-corrected chi connectivity index (χ4v) is 2.45. The largest absolute Gasteiger partial charge is 0.508 e. The molecule has 0 aliphatic heterocycles. The lowest BCUT2D eigenvalue weighted by Crippen LogP contribution is -2.08. The molecule has 0 radical (unpaired) electrons. The molecule has 4 aromatic carbocycles. The average molecular weight is 412 g/mol. The molecule has 0 saturated heterocycles. The van der Waals surface area contributed by atoms with Gasteiger partial charge in [0.15, 0.2) is 11.6 Å². The Hall–Kier alpha value is -4.18. The number of rotatable bonds is 4. The van der Waals surface area contributed by atoms with Crippen LogP contribution in [0.2, 0.25) is 0 Å². The highest BCUT2D eigenvalue weighted by atomic mass is 16.3. The van der Waals surface area contributed by atoms with Gasteiger partial charge in [0, 0.05) is 11.1 Å². The molecule has 0 aliphatic carbocycles. The zero-order valence-corrected chi connectivity index (χ0v) is 17.0. The Morgan fingerprint density at radius 1 is 0.452 bits per heavy atom. The highest BCUT2D eigenvalue weighted by molar-refractivity contribution is 6.13. The van der Waals surface area contributed by atoms with Gasteiger partial charge in [-0.3, -0.25) is 9.59 Å². The summed E-state index contributed by atoms with van der Waals surface area (Å²) in [7, 11) is 0. The second-order valence-electron chi connectivity index (χ2n) is 6.43. The van der Waals surface area contributed by atoms with E-state index in [-0.39, 0.29) is 18.0 Å². The van der Waals surface area contributed by atoms with Gasteiger partial charge in [0.05, 0.1) is 6.42 Å². The van der Waals surface area contributed by atoms with Crippen LogP contribution in [0.25, 0.3) is 0 Å². The van der Waals surface area contributed by atoms with Crippen molar-refractivity contribution < 1.29 is 19.8 Å². The van der Waals surface area contributed by atoms with Gasteiger partial charge in [-0.2, -0.15) is 0 Å². The van der Waals surface area contributed by atoms with E-state index in [9.17, 15) is 9.59 Å². The average Bonchev–Trinajstić information content (AvgIpc) is 2.82. The summed E-state index contributed by atoms with van der Waals surface area (Å²) in [5.41, 5.74) is 1.16. The van der Waals surface area contributed by atoms with Gasteiger partial charge < -0.3 is 10.2 Å². The Balaban J connectivity index is 0.000000199. The molecule has 31 heavy (non-hydrogen) atoms. The van der Waals surface area contributed by atoms with Gasteiger partial charge in [0.2, 0.25) is 0 Å². The Kier molecular flexibility index (Phi) is 9.78. The SMILES string of the molecule is O=C(CC(=O)c1ccccc1)c1ccccc1.Oc1ccccc1.Oc1ccccc1. The maximum Gasteiger partial charge on any atom is 0.170 e. The number of ketones is 2. The molecule has 0 aromatic heterocycles. The van der Waals surface area contributed by atoms with Crippen molar-refractivity contribution in [3.05, 3.63) is 132 Å². The van der Waals surface area contributed by atoms with Crippen LogP contribution in [0.4, 0.5) is 0 Å². The fraction of sp³-hybridized carbons (Fsp3) is 0.0370. The number of aromatic hydroxyl groups is 2. The van der Waals surface area contributed by atoms with Crippen LogP contribution in [0.15, 0.2) is 121 Å². The number of Topliss-reactive ketones (excluding diaryl/α,β-unsaturated/α-hetero) is 2. The smallest absolute Gasteiger partial charge is 0.170 e. The van der Waals surface area contributed by atoms with Crippen molar-refractivity contribution in [2.75, 3.05) is 0 Å². The number of phenols is 2. The second kappa shape index (κ2) is 13.1. The molecule has 0 saturated carbocycles. The molecule has 156 valence electrons. The molecule has 2 N–H and O–H groups in total. The van der Waals surface area contributed by atoms with Crippen molar-refractivity contribution in [3.63, 3.8) is 0 Å². The topological polar surface area (TPSA) is 74.6 Å². The maximum absolute atomic E-state index is 11.8. The molecule has 0 heterocycles. The van der Waals surface area contributed by atoms with Gasteiger partial charge in [-0.15, -0.1) is 0 Å². The minimum Gasteiger partial charge on any atom is -0.508 e. The first-order valence-corrected chi connectivity index (χ1v) is 9.71. The van der Waals surface area contributed by atoms with Crippen molar-refractivity contribution in [1.82, 2.24) is 0 Å². The first kappa shape index (κ1) is 23.1. The summed E-state index contributed by atoms with van der Waals surface area (Å²) >= 11 is 0. The summed E-state index contributed by atoms with van der Waals surface area (Å²) in [5, 5.41) is 17.3. The predicted octanol–water partition coefficient (Wildman–Crippen LogP) is 5.93. The van der Waals surface area contributed by atoms with Gasteiger partial charge in [0.25, 0.3) is 0 Å². The van der Waals surface area contributed by atoms with Crippen LogP contribution in [0.3, 0.4) is 0 Å². The van der Waals surface area contributed by atoms with Crippen LogP contribution < -0.4 is 0 Å². The normalized spacial score (nSPS) is 9.29. The summed E-state index contributed by atoms with van der Waals surface area (Å²) in [6.07, 6.45) is -0.0754. The highest BCUT2D eigenvalue weighted by Crippen LogP contribution is 2.08. The van der Waals surface area contributed by atoms with Crippen molar-refractivity contribution in [2.45, 2.75) is 6.42 Å². The van der Waals surface area contributed by atoms with E-state index in [0.717, 1.165) is 0 Å². The zero-order valence-electron chi connectivity index (χ0n) is 17.0. The second-order valence-corrected chi connectivity index (χ2v) is 6.43. The third kappa shape index (κ3) is 9.24. The number of para-hydroxylation sites is 2. The first-order chi connectivity index (χ1) is 15.1. The summed E-state index contributed by atoms with van der Waals surface area (Å²) in [5.74, 6) is 0.365. The number of phenolic OH excluding ortho intramolecular Hbond substituents is 2. The van der Waals surface area contributed by atoms with Crippen molar-refractivity contribution in [1.29, 1.82) is 0 Å². The molecule has 0 amide bonds. The Morgan fingerprint density at radius 3 is 0.935 bits per heavy atom. The molecule has 4 nitrogen and oxygen atoms in total. The zero-order chi connectivity index (χ0) is 22.3. The van der Waals surface area contributed by atoms with Gasteiger partial charge in [-0.05, 0) is 24.3 Å². The molecule has 0 bridgehead atoms. The van der Waals surface area contributed by atoms with Crippen LogP contribution >= 0.6 is 0 Å². The first-order valence-electron chi connectivity index (χ1n) is 9.71. The van der Waals surface area contributed by atoms with Crippen molar-refractivity contribution >= 4 is 11.6 Å². The van der Waals surface area contributed by atoms with E-state index in [0.29, 0.717) is 22.6 Å². The minimum atomic E-state index is -0.139. The number of benzene rings is 4. The number of carbonyl (C=O) groups is 2. The third-order valence-corrected chi connectivity index (χ3v) is 4.03. The van der Waals surface area contributed by atoms with Crippen LogP contribution in [0, 0.1) is 0 Å². The van der Waals surface area contributed by atoms with Crippen LogP contribution in [-0.4, -0.2) is 21.8 Å². The Bertz CT molecular complexity index is 945. The summed E-state index contributed by atoms with van der Waals surface area (Å²) in [6, 6.07) is 35.2. The summed E-state index contributed by atoms with van der Waals surface area (Å²) in [6.45, 7) is 0. The van der Waals surface area contributed by atoms with E-state index in [4.69, 9.17) is 10.2 Å². The maximum atomic E-state index is 11.8. The minimum absolute atomic E-state index is 0.0754. The molecule has 4 rings (SSSR count). The van der Waals surface area contributed by atoms with Gasteiger partial charge in [-0.25, -0.2) is 0 Å². The Labute approximate surface area is 182 Å². The monoisotopic (exact) mass is 412 g/mol. The van der Waals surface area contributed by atoms with Crippen molar-refractivity contribution in [3.8, 4) is 11.5 Å². The van der Waals surface area contributed by atoms with Crippen LogP contribution in [0.1, 0.15) is 27.1 Å². The molecule has 0 atom stereocenters. The van der Waals surface area contributed by atoms with Crippen LogP contribution in [0.5, 0.6) is 11.5 Å². The molecule has 4 aromatic rings. The number of carbonyl (C=O) groups excluding carboxylic acids is 2. The molecule has 4 heteroatoms. The lowest BCUT2D eigenvalue weighted by Gasteiger charge is -2.00.